The first-order valence-electron chi connectivity index (χ1n) is 8.12. The number of hydrogen-bond donors (Lipinski definition) is 2. The van der Waals surface area contributed by atoms with E-state index in [1.54, 1.807) is 13.8 Å². The van der Waals surface area contributed by atoms with Gasteiger partial charge in [-0.1, -0.05) is 13.8 Å². The van der Waals surface area contributed by atoms with Crippen molar-refractivity contribution in [3.05, 3.63) is 54.3 Å². The fourth-order valence-electron chi connectivity index (χ4n) is 2.59. The Balaban J connectivity index is 2.23. The molecule has 146 valence electrons. The van der Waals surface area contributed by atoms with Gasteiger partial charge < -0.3 is 4.74 Å². The highest BCUT2D eigenvalue weighted by Gasteiger charge is 2.34. The number of sulfonamides is 1. The van der Waals surface area contributed by atoms with Crippen molar-refractivity contribution in [2.45, 2.75) is 24.8 Å². The van der Waals surface area contributed by atoms with Crippen molar-refractivity contribution in [3.8, 4) is 11.5 Å². The highest BCUT2D eigenvalue weighted by molar-refractivity contribution is 7.89. The Morgan fingerprint density at radius 3 is 2.00 bits per heavy atom. The molecule has 2 aromatic rings. The summed E-state index contributed by atoms with van der Waals surface area (Å²) in [5, 5.41) is 8.87. The maximum absolute atomic E-state index is 12.9. The van der Waals surface area contributed by atoms with E-state index in [2.05, 4.69) is 0 Å². The summed E-state index contributed by atoms with van der Waals surface area (Å²) in [6.07, 6.45) is 0. The van der Waals surface area contributed by atoms with Crippen LogP contribution in [0.2, 0.25) is 0 Å². The zero-order chi connectivity index (χ0) is 20.2. The predicted octanol–water partition coefficient (Wildman–Crippen LogP) is 2.77. The number of benzene rings is 2. The summed E-state index contributed by atoms with van der Waals surface area (Å²) in [4.78, 5) is 11.8. The first kappa shape index (κ1) is 20.8. The van der Waals surface area contributed by atoms with Crippen LogP contribution in [-0.2, 0) is 14.8 Å². The minimum absolute atomic E-state index is 0.0344. The third kappa shape index (κ3) is 4.82. The molecule has 1 amide bonds. The van der Waals surface area contributed by atoms with Gasteiger partial charge >= 0.3 is 0 Å². The standard InChI is InChI=1S/C18H21FN2O5S/c1-12(2)17(18(22)20-23)21(3)27(24,25)16-10-8-15(9-11-16)26-14-6-4-13(19)5-7-14/h4-12,17,23H,1-3H3,(H,20,22). The van der Waals surface area contributed by atoms with E-state index in [-0.39, 0.29) is 10.8 Å². The molecule has 2 rings (SSSR count). The summed E-state index contributed by atoms with van der Waals surface area (Å²) in [6, 6.07) is 9.94. The van der Waals surface area contributed by atoms with Crippen LogP contribution in [0.15, 0.2) is 53.4 Å². The maximum Gasteiger partial charge on any atom is 0.262 e. The number of amides is 1. The Morgan fingerprint density at radius 1 is 1.07 bits per heavy atom. The lowest BCUT2D eigenvalue weighted by atomic mass is 10.0. The van der Waals surface area contributed by atoms with Crippen molar-refractivity contribution in [2.75, 3.05) is 7.05 Å². The molecule has 1 atom stereocenters. The van der Waals surface area contributed by atoms with Crippen LogP contribution in [0.5, 0.6) is 11.5 Å². The third-order valence-electron chi connectivity index (χ3n) is 3.95. The number of hydroxylamine groups is 1. The molecule has 0 aliphatic heterocycles. The number of ether oxygens (including phenoxy) is 1. The Hall–Kier alpha value is -2.49. The summed E-state index contributed by atoms with van der Waals surface area (Å²) in [5.41, 5.74) is 1.50. The molecule has 0 aliphatic carbocycles. The van der Waals surface area contributed by atoms with E-state index in [9.17, 15) is 17.6 Å². The summed E-state index contributed by atoms with van der Waals surface area (Å²) in [7, 11) is -2.70. The second-order valence-corrected chi connectivity index (χ2v) is 8.21. The van der Waals surface area contributed by atoms with Crippen LogP contribution in [0.3, 0.4) is 0 Å². The number of carbonyl (C=O) groups is 1. The van der Waals surface area contributed by atoms with E-state index in [0.29, 0.717) is 11.5 Å². The molecule has 0 saturated carbocycles. The van der Waals surface area contributed by atoms with Crippen molar-refractivity contribution in [2.24, 2.45) is 5.92 Å². The monoisotopic (exact) mass is 396 g/mol. The Labute approximate surface area is 157 Å². The Kier molecular flexibility index (Phi) is 6.53. The molecule has 0 bridgehead atoms. The highest BCUT2D eigenvalue weighted by Crippen LogP contribution is 2.25. The van der Waals surface area contributed by atoms with Gasteiger partial charge in [0, 0.05) is 7.05 Å². The first-order chi connectivity index (χ1) is 12.7. The summed E-state index contributed by atoms with van der Waals surface area (Å²) in [5.74, 6) is -0.788. The lowest BCUT2D eigenvalue weighted by Crippen LogP contribution is -2.49. The van der Waals surface area contributed by atoms with Gasteiger partial charge in [-0.25, -0.2) is 18.3 Å². The molecular weight excluding hydrogens is 375 g/mol. The lowest BCUT2D eigenvalue weighted by Gasteiger charge is -2.28. The number of nitrogens with one attached hydrogen (secondary N) is 1. The van der Waals surface area contributed by atoms with E-state index >= 15 is 0 Å². The minimum Gasteiger partial charge on any atom is -0.457 e. The first-order valence-corrected chi connectivity index (χ1v) is 9.56. The van der Waals surface area contributed by atoms with Crippen molar-refractivity contribution in [3.63, 3.8) is 0 Å². The topological polar surface area (TPSA) is 95.9 Å². The fourth-order valence-corrected chi connectivity index (χ4v) is 4.04. The quantitative estimate of drug-likeness (QED) is 0.554. The molecule has 9 heteroatoms. The van der Waals surface area contributed by atoms with Crippen LogP contribution in [0.25, 0.3) is 0 Å². The van der Waals surface area contributed by atoms with Gasteiger partial charge in [-0.05, 0) is 54.4 Å². The average Bonchev–Trinajstić information content (AvgIpc) is 2.63. The smallest absolute Gasteiger partial charge is 0.262 e. The lowest BCUT2D eigenvalue weighted by molar-refractivity contribution is -0.134. The van der Waals surface area contributed by atoms with Crippen LogP contribution in [0.4, 0.5) is 4.39 Å². The second kappa shape index (κ2) is 8.47. The number of carbonyl (C=O) groups excluding carboxylic acids is 1. The number of nitrogens with zero attached hydrogens (tertiary/aromatic N) is 1. The van der Waals surface area contributed by atoms with Gasteiger partial charge in [-0.2, -0.15) is 4.31 Å². The van der Waals surface area contributed by atoms with Crippen molar-refractivity contribution < 1.29 is 27.5 Å². The number of likely N-dealkylation sites (N-methyl/N-ethyl adjacent to an activating group) is 1. The molecule has 2 aromatic carbocycles. The van der Waals surface area contributed by atoms with E-state index in [0.717, 1.165) is 4.31 Å². The molecule has 0 heterocycles. The molecule has 0 spiro atoms. The van der Waals surface area contributed by atoms with E-state index in [1.807, 2.05) is 0 Å². The minimum atomic E-state index is -3.98. The van der Waals surface area contributed by atoms with Crippen LogP contribution in [0, 0.1) is 11.7 Å². The van der Waals surface area contributed by atoms with Gasteiger partial charge in [0.1, 0.15) is 23.4 Å². The van der Waals surface area contributed by atoms with Crippen molar-refractivity contribution >= 4 is 15.9 Å². The van der Waals surface area contributed by atoms with Gasteiger partial charge in [0.15, 0.2) is 0 Å². The summed E-state index contributed by atoms with van der Waals surface area (Å²) in [6.45, 7) is 3.34. The van der Waals surface area contributed by atoms with E-state index in [4.69, 9.17) is 9.94 Å². The second-order valence-electron chi connectivity index (χ2n) is 6.21. The molecular formula is C18H21FN2O5S. The number of hydrogen-bond acceptors (Lipinski definition) is 5. The van der Waals surface area contributed by atoms with Crippen LogP contribution < -0.4 is 10.2 Å². The maximum atomic E-state index is 12.9. The van der Waals surface area contributed by atoms with Gasteiger partial charge in [0.05, 0.1) is 4.90 Å². The third-order valence-corrected chi connectivity index (χ3v) is 5.81. The Bertz CT molecular complexity index is 883. The van der Waals surface area contributed by atoms with Gasteiger partial charge in [-0.3, -0.25) is 10.0 Å². The zero-order valence-electron chi connectivity index (χ0n) is 15.1. The molecule has 0 saturated heterocycles. The van der Waals surface area contributed by atoms with Gasteiger partial charge in [-0.15, -0.1) is 0 Å². The number of halogens is 1. The van der Waals surface area contributed by atoms with Crippen molar-refractivity contribution in [1.29, 1.82) is 0 Å². The van der Waals surface area contributed by atoms with Gasteiger partial charge in [0.2, 0.25) is 10.0 Å². The SMILES string of the molecule is CC(C)C(C(=O)NO)N(C)S(=O)(=O)c1ccc(Oc2ccc(F)cc2)cc1. The number of rotatable bonds is 7. The van der Waals surface area contributed by atoms with Crippen LogP contribution in [0.1, 0.15) is 13.8 Å². The Morgan fingerprint density at radius 2 is 1.56 bits per heavy atom. The molecule has 1 unspecified atom stereocenters. The normalized spacial score (nSPS) is 12.9. The largest absolute Gasteiger partial charge is 0.457 e. The average molecular weight is 396 g/mol. The molecule has 0 radical (unpaired) electrons. The molecule has 0 aliphatic rings. The van der Waals surface area contributed by atoms with Crippen molar-refractivity contribution in [1.82, 2.24) is 9.79 Å². The highest BCUT2D eigenvalue weighted by atomic mass is 32.2. The van der Waals surface area contributed by atoms with E-state index in [1.165, 1.54) is 61.1 Å². The summed E-state index contributed by atoms with van der Waals surface area (Å²) < 4.78 is 44.9. The summed E-state index contributed by atoms with van der Waals surface area (Å²) >= 11 is 0. The van der Waals surface area contributed by atoms with E-state index < -0.39 is 27.8 Å². The van der Waals surface area contributed by atoms with Crippen LogP contribution in [-0.4, -0.2) is 36.9 Å². The molecule has 0 aromatic heterocycles. The fraction of sp³-hybridized carbons (Fsp3) is 0.278. The molecule has 2 N–H and O–H groups in total. The zero-order valence-corrected chi connectivity index (χ0v) is 15.9. The molecule has 27 heavy (non-hydrogen) atoms. The molecule has 0 fully saturated rings. The van der Waals surface area contributed by atoms with Crippen LogP contribution >= 0.6 is 0 Å². The molecule has 7 nitrogen and oxygen atoms in total. The predicted molar refractivity (Wildman–Crippen MR) is 96.4 cm³/mol. The van der Waals surface area contributed by atoms with Gasteiger partial charge in [0.25, 0.3) is 5.91 Å².